The molecule has 11 nitrogen and oxygen atoms in total. The van der Waals surface area contributed by atoms with Crippen molar-refractivity contribution >= 4 is 22.4 Å². The summed E-state index contributed by atoms with van der Waals surface area (Å²) in [6.45, 7) is 2.36. The SMILES string of the molecule is O=CO.O=S(=O)(C1CC1)N1C[C@@H]2COC[C@H](C1)N(c1nnnn1-c1ccccc1)C2. The molecule has 2 atom stereocenters. The Bertz CT molecular complexity index is 964. The Balaban J connectivity index is 0.000000687. The van der Waals surface area contributed by atoms with Gasteiger partial charge < -0.3 is 14.7 Å². The molecule has 1 N–H and O–H groups in total. The molecule has 2 saturated heterocycles. The third kappa shape index (κ3) is 4.16. The number of carboxylic acid groups (broad SMARTS) is 1. The fraction of sp³-hybridized carbons (Fsp3) is 0.556. The monoisotopic (exact) mass is 436 g/mol. The normalized spacial score (nSPS) is 24.5. The molecule has 0 spiro atoms. The molecule has 3 aliphatic rings. The van der Waals surface area contributed by atoms with Gasteiger partial charge >= 0.3 is 0 Å². The highest BCUT2D eigenvalue weighted by Gasteiger charge is 2.45. The van der Waals surface area contributed by atoms with Crippen LogP contribution in [-0.2, 0) is 19.6 Å². The number of tetrazole rings is 1. The fourth-order valence-corrected chi connectivity index (χ4v) is 5.88. The largest absolute Gasteiger partial charge is 0.483 e. The highest BCUT2D eigenvalue weighted by atomic mass is 32.2. The number of para-hydroxylation sites is 1. The summed E-state index contributed by atoms with van der Waals surface area (Å²) in [6.07, 6.45) is 1.56. The number of fused-ring (bicyclic) bond motifs is 3. The first-order valence-electron chi connectivity index (χ1n) is 9.79. The van der Waals surface area contributed by atoms with Crippen LogP contribution in [0.2, 0.25) is 0 Å². The van der Waals surface area contributed by atoms with Gasteiger partial charge in [0.1, 0.15) is 0 Å². The lowest BCUT2D eigenvalue weighted by Crippen LogP contribution is -2.47. The predicted octanol–water partition coefficient (Wildman–Crippen LogP) is -0.00770. The summed E-state index contributed by atoms with van der Waals surface area (Å²) in [5.74, 6) is 0.722. The van der Waals surface area contributed by atoms with Crippen LogP contribution < -0.4 is 4.90 Å². The second-order valence-electron chi connectivity index (χ2n) is 7.60. The van der Waals surface area contributed by atoms with Crippen molar-refractivity contribution in [1.82, 2.24) is 24.5 Å². The molecule has 2 bridgehead atoms. The molecular weight excluding hydrogens is 412 g/mol. The van der Waals surface area contributed by atoms with Crippen molar-refractivity contribution in [3.8, 4) is 5.69 Å². The summed E-state index contributed by atoms with van der Waals surface area (Å²) in [5, 5.41) is 19.0. The number of hydrogen-bond acceptors (Lipinski definition) is 8. The maximum atomic E-state index is 12.8. The summed E-state index contributed by atoms with van der Waals surface area (Å²) in [5.41, 5.74) is 0.875. The van der Waals surface area contributed by atoms with Gasteiger partial charge in [-0.3, -0.25) is 4.79 Å². The summed E-state index contributed by atoms with van der Waals surface area (Å²) in [6, 6.07) is 9.61. The van der Waals surface area contributed by atoms with Crippen LogP contribution in [0.25, 0.3) is 5.69 Å². The Hall–Kier alpha value is -2.57. The molecule has 12 heteroatoms. The molecule has 1 aromatic heterocycles. The average molecular weight is 436 g/mol. The molecule has 1 aliphatic carbocycles. The lowest BCUT2D eigenvalue weighted by atomic mass is 10.1. The number of anilines is 1. The lowest BCUT2D eigenvalue weighted by molar-refractivity contribution is -0.122. The average Bonchev–Trinajstić information content (AvgIpc) is 3.53. The Labute approximate surface area is 174 Å². The van der Waals surface area contributed by atoms with Crippen molar-refractivity contribution in [2.45, 2.75) is 24.1 Å². The molecule has 30 heavy (non-hydrogen) atoms. The number of ether oxygens (including phenoxy) is 1. The highest BCUT2D eigenvalue weighted by Crippen LogP contribution is 2.34. The highest BCUT2D eigenvalue weighted by molar-refractivity contribution is 7.90. The maximum absolute atomic E-state index is 12.8. The Morgan fingerprint density at radius 3 is 2.53 bits per heavy atom. The number of rotatable bonds is 4. The molecule has 0 amide bonds. The Kier molecular flexibility index (Phi) is 5.97. The number of sulfonamides is 1. The van der Waals surface area contributed by atoms with E-state index in [4.69, 9.17) is 14.6 Å². The first-order chi connectivity index (χ1) is 14.5. The van der Waals surface area contributed by atoms with E-state index >= 15 is 0 Å². The number of aromatic nitrogens is 4. The van der Waals surface area contributed by atoms with E-state index in [1.165, 1.54) is 0 Å². The number of hydrogen-bond donors (Lipinski definition) is 1. The Morgan fingerprint density at radius 2 is 1.83 bits per heavy atom. The molecule has 2 aliphatic heterocycles. The number of benzene rings is 1. The quantitative estimate of drug-likeness (QED) is 0.658. The van der Waals surface area contributed by atoms with E-state index < -0.39 is 10.0 Å². The minimum absolute atomic E-state index is 0.0898. The van der Waals surface area contributed by atoms with Crippen LogP contribution in [0, 0.1) is 5.92 Å². The predicted molar refractivity (Wildman–Crippen MR) is 107 cm³/mol. The van der Waals surface area contributed by atoms with E-state index in [9.17, 15) is 8.42 Å². The molecular formula is C18H24N6O5S. The standard InChI is InChI=1S/C17H22N6O3S.CH2O2/c24-27(25,16-6-7-16)21-8-13-9-22(15(10-21)12-26-11-13)17-18-19-20-23(17)14-4-2-1-3-5-14;2-1-3/h1-5,13,15-16H,6-12H2;1H,(H,2,3)/t13-,15-;/m0./s1. The van der Waals surface area contributed by atoms with E-state index in [-0.39, 0.29) is 23.7 Å². The van der Waals surface area contributed by atoms with Crippen LogP contribution >= 0.6 is 0 Å². The van der Waals surface area contributed by atoms with Crippen molar-refractivity contribution in [3.63, 3.8) is 0 Å². The second-order valence-corrected chi connectivity index (χ2v) is 9.82. The summed E-state index contributed by atoms with van der Waals surface area (Å²) in [7, 11) is -3.22. The van der Waals surface area contributed by atoms with Gasteiger partial charge in [-0.1, -0.05) is 23.3 Å². The van der Waals surface area contributed by atoms with Crippen molar-refractivity contribution in [2.75, 3.05) is 37.7 Å². The van der Waals surface area contributed by atoms with Gasteiger partial charge in [0, 0.05) is 25.6 Å². The summed E-state index contributed by atoms with van der Waals surface area (Å²) >= 11 is 0. The van der Waals surface area contributed by atoms with Gasteiger partial charge in [0.25, 0.3) is 12.4 Å². The van der Waals surface area contributed by atoms with Crippen molar-refractivity contribution in [1.29, 1.82) is 0 Å². The zero-order valence-corrected chi connectivity index (χ0v) is 17.1. The van der Waals surface area contributed by atoms with Gasteiger partial charge in [0.05, 0.1) is 30.2 Å². The molecule has 1 aromatic carbocycles. The van der Waals surface area contributed by atoms with Crippen LogP contribution in [0.15, 0.2) is 30.3 Å². The maximum Gasteiger partial charge on any atom is 0.290 e. The molecule has 3 heterocycles. The topological polar surface area (TPSA) is 131 Å². The molecule has 3 fully saturated rings. The zero-order chi connectivity index (χ0) is 21.1. The van der Waals surface area contributed by atoms with E-state index in [0.717, 1.165) is 18.5 Å². The second kappa shape index (κ2) is 8.66. The molecule has 0 unspecified atom stereocenters. The van der Waals surface area contributed by atoms with Gasteiger partial charge in [0.2, 0.25) is 10.0 Å². The zero-order valence-electron chi connectivity index (χ0n) is 16.3. The van der Waals surface area contributed by atoms with Gasteiger partial charge in [-0.25, -0.2) is 8.42 Å². The lowest BCUT2D eigenvalue weighted by Gasteiger charge is -2.30. The first-order valence-corrected chi connectivity index (χ1v) is 11.3. The van der Waals surface area contributed by atoms with Crippen molar-refractivity contribution in [3.05, 3.63) is 30.3 Å². The van der Waals surface area contributed by atoms with Crippen LogP contribution in [-0.4, -0.2) is 88.6 Å². The third-order valence-corrected chi connectivity index (χ3v) is 7.78. The minimum Gasteiger partial charge on any atom is -0.483 e. The number of carbonyl (C=O) groups is 1. The van der Waals surface area contributed by atoms with Crippen molar-refractivity contribution < 1.29 is 23.1 Å². The van der Waals surface area contributed by atoms with Crippen LogP contribution in [0.3, 0.4) is 0 Å². The minimum atomic E-state index is -3.22. The summed E-state index contributed by atoms with van der Waals surface area (Å²) in [4.78, 5) is 10.5. The van der Waals surface area contributed by atoms with Gasteiger partial charge in [0.15, 0.2) is 0 Å². The van der Waals surface area contributed by atoms with Gasteiger partial charge in [-0.15, -0.1) is 0 Å². The van der Waals surface area contributed by atoms with Gasteiger partial charge in [-0.2, -0.15) is 8.99 Å². The van der Waals surface area contributed by atoms with E-state index in [1.54, 1.807) is 8.99 Å². The molecule has 2 aromatic rings. The first kappa shape index (κ1) is 20.7. The van der Waals surface area contributed by atoms with Gasteiger partial charge in [-0.05, 0) is 35.4 Å². The summed E-state index contributed by atoms with van der Waals surface area (Å²) < 4.78 is 34.9. The Morgan fingerprint density at radius 1 is 1.10 bits per heavy atom. The van der Waals surface area contributed by atoms with Crippen LogP contribution in [0.5, 0.6) is 0 Å². The van der Waals surface area contributed by atoms with Crippen molar-refractivity contribution in [2.24, 2.45) is 5.92 Å². The molecule has 162 valence electrons. The van der Waals surface area contributed by atoms with E-state index in [0.29, 0.717) is 38.8 Å². The fourth-order valence-electron chi connectivity index (χ4n) is 3.93. The smallest absolute Gasteiger partial charge is 0.290 e. The van der Waals surface area contributed by atoms with Crippen LogP contribution in [0.4, 0.5) is 5.95 Å². The van der Waals surface area contributed by atoms with E-state index in [2.05, 4.69) is 20.4 Å². The van der Waals surface area contributed by atoms with Crippen LogP contribution in [0.1, 0.15) is 12.8 Å². The molecule has 5 rings (SSSR count). The molecule has 0 radical (unpaired) electrons. The molecule has 1 saturated carbocycles. The number of nitrogens with zero attached hydrogens (tertiary/aromatic N) is 6. The van der Waals surface area contributed by atoms with E-state index in [1.807, 2.05) is 30.3 Å². The third-order valence-electron chi connectivity index (χ3n) is 5.45.